The van der Waals surface area contributed by atoms with Gasteiger partial charge in [-0.05, 0) is 70.5 Å². The molecule has 5 rings (SSSR count). The summed E-state index contributed by atoms with van der Waals surface area (Å²) in [5.41, 5.74) is 5.32. The molecule has 0 bridgehead atoms. The van der Waals surface area contributed by atoms with Crippen LogP contribution in [-0.2, 0) is 16.6 Å². The van der Waals surface area contributed by atoms with Gasteiger partial charge in [-0.1, -0.05) is 43.3 Å². The first-order valence-electron chi connectivity index (χ1n) is 10.1. The largest absolute Gasteiger partial charge is 0.508 e. The number of phenolic OH excluding ortho intramolecular Hbond substituents is 1. The van der Waals surface area contributed by atoms with Crippen LogP contribution in [-0.4, -0.2) is 29.0 Å². The quantitative estimate of drug-likeness (QED) is 0.651. The Morgan fingerprint density at radius 1 is 0.964 bits per heavy atom. The Balaban J connectivity index is 1.55. The zero-order chi connectivity index (χ0) is 19.5. The Labute approximate surface area is 165 Å². The Kier molecular flexibility index (Phi) is 3.77. The fraction of sp³-hybridized carbons (Fsp3) is 0.320. The summed E-state index contributed by atoms with van der Waals surface area (Å²) >= 11 is 0. The van der Waals surface area contributed by atoms with Gasteiger partial charge in [0.2, 0.25) is 5.91 Å². The molecule has 142 valence electrons. The van der Waals surface area contributed by atoms with Crippen LogP contribution in [0.3, 0.4) is 0 Å². The maximum Gasteiger partial charge on any atom is 0.222 e. The molecule has 0 radical (unpaired) electrons. The molecular weight excluding hydrogens is 346 g/mol. The van der Waals surface area contributed by atoms with Crippen molar-refractivity contribution in [2.24, 2.45) is 0 Å². The molecule has 1 heterocycles. The van der Waals surface area contributed by atoms with E-state index in [0.29, 0.717) is 18.2 Å². The second kappa shape index (κ2) is 6.10. The normalized spacial score (nSPS) is 24.1. The highest BCUT2D eigenvalue weighted by atomic mass is 16.3. The van der Waals surface area contributed by atoms with E-state index in [2.05, 4.69) is 43.3 Å². The molecule has 0 aromatic heterocycles. The third-order valence-electron chi connectivity index (χ3n) is 7.02. The third-order valence-corrected chi connectivity index (χ3v) is 7.02. The highest BCUT2D eigenvalue weighted by Crippen LogP contribution is 2.46. The molecule has 2 aliphatic rings. The number of aromatic hydroxyl groups is 1. The lowest BCUT2D eigenvalue weighted by Gasteiger charge is -2.50. The minimum atomic E-state index is 0.0513. The van der Waals surface area contributed by atoms with Crippen molar-refractivity contribution in [3.63, 3.8) is 0 Å². The molecule has 1 saturated heterocycles. The number of benzene rings is 3. The number of rotatable bonds is 1. The Morgan fingerprint density at radius 3 is 2.54 bits per heavy atom. The molecule has 3 nitrogen and oxygen atoms in total. The maximum absolute atomic E-state index is 12.2. The van der Waals surface area contributed by atoms with Crippen molar-refractivity contribution in [2.45, 2.75) is 44.1 Å². The predicted molar refractivity (Wildman–Crippen MR) is 113 cm³/mol. The van der Waals surface area contributed by atoms with E-state index in [1.165, 1.54) is 22.3 Å². The van der Waals surface area contributed by atoms with Gasteiger partial charge in [-0.3, -0.25) is 4.79 Å². The Hall–Kier alpha value is -2.81. The number of piperidine rings is 1. The third kappa shape index (κ3) is 2.53. The summed E-state index contributed by atoms with van der Waals surface area (Å²) in [6.07, 6.45) is 3.63. The van der Waals surface area contributed by atoms with Crippen LogP contribution in [0.4, 0.5) is 0 Å². The second-order valence-corrected chi connectivity index (χ2v) is 8.59. The molecule has 1 N–H and O–H groups in total. The fourth-order valence-electron chi connectivity index (χ4n) is 5.38. The molecule has 3 aromatic rings. The number of carbonyl (C=O) groups is 1. The number of carbonyl (C=O) groups excluding carboxylic acids is 1. The lowest BCUT2D eigenvalue weighted by atomic mass is 9.63. The zero-order valence-corrected chi connectivity index (χ0v) is 16.4. The van der Waals surface area contributed by atoms with Crippen molar-refractivity contribution in [1.29, 1.82) is 0 Å². The molecule has 2 atom stereocenters. The van der Waals surface area contributed by atoms with Crippen LogP contribution in [0.2, 0.25) is 0 Å². The number of hydrogen-bond acceptors (Lipinski definition) is 2. The van der Waals surface area contributed by atoms with Crippen LogP contribution >= 0.6 is 0 Å². The van der Waals surface area contributed by atoms with E-state index in [1.54, 1.807) is 12.1 Å². The van der Waals surface area contributed by atoms with E-state index in [4.69, 9.17) is 0 Å². The van der Waals surface area contributed by atoms with E-state index in [-0.39, 0.29) is 11.3 Å². The second-order valence-electron chi connectivity index (χ2n) is 8.59. The van der Waals surface area contributed by atoms with Gasteiger partial charge in [0.05, 0.1) is 0 Å². The van der Waals surface area contributed by atoms with E-state index in [9.17, 15) is 9.90 Å². The number of aryl methyl sites for hydroxylation is 1. The molecule has 0 spiro atoms. The number of likely N-dealkylation sites (tertiary alicyclic amines) is 1. The Morgan fingerprint density at radius 2 is 1.68 bits per heavy atom. The minimum absolute atomic E-state index is 0.0513. The minimum Gasteiger partial charge on any atom is -0.508 e. The topological polar surface area (TPSA) is 40.5 Å². The predicted octanol–water partition coefficient (Wildman–Crippen LogP) is 5.04. The lowest BCUT2D eigenvalue weighted by Crippen LogP contribution is -2.56. The van der Waals surface area contributed by atoms with Gasteiger partial charge in [0.15, 0.2) is 0 Å². The summed E-state index contributed by atoms with van der Waals surface area (Å²) < 4.78 is 0. The van der Waals surface area contributed by atoms with Crippen molar-refractivity contribution >= 4 is 16.7 Å². The fourth-order valence-corrected chi connectivity index (χ4v) is 5.38. The molecule has 1 amide bonds. The number of hydrogen-bond donors (Lipinski definition) is 1. The standard InChI is InChI=1S/C25H25NO2/c1-25-12-11-24(28)26(2)23(25)10-7-20-14-18(6-9-22(20)25)16-3-4-19-15-21(27)8-5-17(19)13-16/h3-6,8-9,13-15,23,27H,7,10-12H2,1-2H3/t23?,25-/m1/s1. The highest BCUT2D eigenvalue weighted by Gasteiger charge is 2.46. The molecule has 1 aliphatic carbocycles. The smallest absolute Gasteiger partial charge is 0.222 e. The van der Waals surface area contributed by atoms with Gasteiger partial charge in [0.1, 0.15) is 5.75 Å². The van der Waals surface area contributed by atoms with E-state index in [1.807, 2.05) is 18.0 Å². The summed E-state index contributed by atoms with van der Waals surface area (Å²) in [5, 5.41) is 11.9. The molecule has 3 aromatic carbocycles. The summed E-state index contributed by atoms with van der Waals surface area (Å²) in [5.74, 6) is 0.581. The SMILES string of the molecule is CN1C(=O)CC[C@]2(C)c3ccc(-c4ccc5cc(O)ccc5c4)cc3CCC12. The van der Waals surface area contributed by atoms with E-state index < -0.39 is 0 Å². The van der Waals surface area contributed by atoms with Gasteiger partial charge in [-0.15, -0.1) is 0 Å². The average Bonchev–Trinajstić information content (AvgIpc) is 2.70. The van der Waals surface area contributed by atoms with E-state index in [0.717, 1.165) is 30.0 Å². The van der Waals surface area contributed by atoms with Crippen molar-refractivity contribution in [3.8, 4) is 16.9 Å². The van der Waals surface area contributed by atoms with Crippen molar-refractivity contribution in [1.82, 2.24) is 4.90 Å². The first-order valence-corrected chi connectivity index (χ1v) is 10.1. The van der Waals surface area contributed by atoms with E-state index >= 15 is 0 Å². The average molecular weight is 371 g/mol. The molecule has 1 unspecified atom stereocenters. The first kappa shape index (κ1) is 17.3. The van der Waals surface area contributed by atoms with Gasteiger partial charge >= 0.3 is 0 Å². The summed E-state index contributed by atoms with van der Waals surface area (Å²) in [6.45, 7) is 2.33. The van der Waals surface area contributed by atoms with Crippen LogP contribution in [0, 0.1) is 0 Å². The molecule has 1 aliphatic heterocycles. The zero-order valence-electron chi connectivity index (χ0n) is 16.4. The molecule has 1 fully saturated rings. The van der Waals surface area contributed by atoms with Crippen molar-refractivity contribution in [3.05, 3.63) is 65.7 Å². The number of phenols is 1. The van der Waals surface area contributed by atoms with Gasteiger partial charge in [-0.25, -0.2) is 0 Å². The molecule has 0 saturated carbocycles. The number of fused-ring (bicyclic) bond motifs is 4. The van der Waals surface area contributed by atoms with Crippen molar-refractivity contribution < 1.29 is 9.90 Å². The summed E-state index contributed by atoms with van der Waals surface area (Å²) in [6, 6.07) is 19.1. The van der Waals surface area contributed by atoms with Crippen LogP contribution in [0.15, 0.2) is 54.6 Å². The van der Waals surface area contributed by atoms with Crippen LogP contribution < -0.4 is 0 Å². The van der Waals surface area contributed by atoms with Gasteiger partial charge in [-0.2, -0.15) is 0 Å². The lowest BCUT2D eigenvalue weighted by molar-refractivity contribution is -0.138. The molecular formula is C25H25NO2. The Bertz CT molecular complexity index is 1100. The van der Waals surface area contributed by atoms with Crippen LogP contribution in [0.5, 0.6) is 5.75 Å². The van der Waals surface area contributed by atoms with Crippen LogP contribution in [0.25, 0.3) is 21.9 Å². The van der Waals surface area contributed by atoms with Crippen LogP contribution in [0.1, 0.15) is 37.3 Å². The molecule has 28 heavy (non-hydrogen) atoms. The highest BCUT2D eigenvalue weighted by molar-refractivity contribution is 5.88. The number of amides is 1. The number of nitrogens with zero attached hydrogens (tertiary/aromatic N) is 1. The first-order chi connectivity index (χ1) is 13.5. The maximum atomic E-state index is 12.2. The van der Waals surface area contributed by atoms with Gasteiger partial charge in [0.25, 0.3) is 0 Å². The van der Waals surface area contributed by atoms with Gasteiger partial charge in [0, 0.05) is 24.9 Å². The molecule has 3 heteroatoms. The monoisotopic (exact) mass is 371 g/mol. The van der Waals surface area contributed by atoms with Gasteiger partial charge < -0.3 is 10.0 Å². The number of likely N-dealkylation sites (N-methyl/N-ethyl adjacent to an activating group) is 1. The summed E-state index contributed by atoms with van der Waals surface area (Å²) in [4.78, 5) is 14.2. The van der Waals surface area contributed by atoms with Crippen molar-refractivity contribution in [2.75, 3.05) is 7.05 Å². The summed E-state index contributed by atoms with van der Waals surface area (Å²) in [7, 11) is 1.97.